The van der Waals surface area contributed by atoms with Crippen molar-refractivity contribution < 1.29 is 5.11 Å². The summed E-state index contributed by atoms with van der Waals surface area (Å²) >= 11 is 0. The van der Waals surface area contributed by atoms with E-state index in [1.54, 1.807) is 13.1 Å². The Morgan fingerprint density at radius 1 is 1.47 bits per heavy atom. The normalized spacial score (nSPS) is 14.4. The van der Waals surface area contributed by atoms with Gasteiger partial charge in [0.05, 0.1) is 17.8 Å². The smallest absolute Gasteiger partial charge is 0.0679 e. The Morgan fingerprint density at radius 3 is 2.82 bits per heavy atom. The van der Waals surface area contributed by atoms with E-state index >= 15 is 0 Å². The molecule has 0 amide bonds. The van der Waals surface area contributed by atoms with Crippen molar-refractivity contribution in [2.75, 3.05) is 0 Å². The molecule has 2 aromatic rings. The van der Waals surface area contributed by atoms with Gasteiger partial charge in [0.15, 0.2) is 0 Å². The second-order valence-electron chi connectivity index (χ2n) is 4.36. The SMILES string of the molecule is Cc1cc(C[C@@H](N)C(C)O)cc2cn[nH]c12.Cl. The van der Waals surface area contributed by atoms with Crippen LogP contribution in [-0.4, -0.2) is 27.4 Å². The summed E-state index contributed by atoms with van der Waals surface area (Å²) in [6, 6.07) is 3.93. The summed E-state index contributed by atoms with van der Waals surface area (Å²) in [6.07, 6.45) is 2.00. The third-order valence-corrected chi connectivity index (χ3v) is 2.90. The van der Waals surface area contributed by atoms with Crippen LogP contribution in [0.25, 0.3) is 10.9 Å². The van der Waals surface area contributed by atoms with Gasteiger partial charge in [-0.05, 0) is 37.5 Å². The van der Waals surface area contributed by atoms with E-state index in [1.165, 1.54) is 0 Å². The highest BCUT2D eigenvalue weighted by molar-refractivity contribution is 5.85. The fourth-order valence-electron chi connectivity index (χ4n) is 1.87. The van der Waals surface area contributed by atoms with Crippen molar-refractivity contribution in [1.29, 1.82) is 0 Å². The van der Waals surface area contributed by atoms with Gasteiger partial charge in [-0.15, -0.1) is 12.4 Å². The number of aryl methyl sites for hydroxylation is 1. The van der Waals surface area contributed by atoms with Gasteiger partial charge in [0.1, 0.15) is 0 Å². The maximum Gasteiger partial charge on any atom is 0.0679 e. The lowest BCUT2D eigenvalue weighted by Crippen LogP contribution is -2.34. The van der Waals surface area contributed by atoms with E-state index in [0.717, 1.165) is 22.0 Å². The van der Waals surface area contributed by atoms with Crippen LogP contribution < -0.4 is 5.73 Å². The summed E-state index contributed by atoms with van der Waals surface area (Å²) in [5.41, 5.74) is 9.20. The average molecular weight is 256 g/mol. The van der Waals surface area contributed by atoms with Crippen LogP contribution in [0.5, 0.6) is 0 Å². The van der Waals surface area contributed by atoms with Crippen molar-refractivity contribution in [1.82, 2.24) is 10.2 Å². The monoisotopic (exact) mass is 255 g/mol. The lowest BCUT2D eigenvalue weighted by Gasteiger charge is -2.15. The molecule has 0 saturated heterocycles. The number of fused-ring (bicyclic) bond motifs is 1. The number of aliphatic hydroxyl groups is 1. The van der Waals surface area contributed by atoms with E-state index in [9.17, 15) is 5.11 Å². The molecule has 0 fully saturated rings. The third-order valence-electron chi connectivity index (χ3n) is 2.90. The summed E-state index contributed by atoms with van der Waals surface area (Å²) in [4.78, 5) is 0. The summed E-state index contributed by atoms with van der Waals surface area (Å²) in [5.74, 6) is 0. The molecule has 0 spiro atoms. The number of nitrogens with zero attached hydrogens (tertiary/aromatic N) is 1. The van der Waals surface area contributed by atoms with Crippen molar-refractivity contribution >= 4 is 23.3 Å². The first-order valence-corrected chi connectivity index (χ1v) is 5.44. The van der Waals surface area contributed by atoms with Gasteiger partial charge in [-0.3, -0.25) is 5.10 Å². The van der Waals surface area contributed by atoms with Crippen LogP contribution in [0.4, 0.5) is 0 Å². The minimum atomic E-state index is -0.486. The van der Waals surface area contributed by atoms with Crippen molar-refractivity contribution in [2.24, 2.45) is 5.73 Å². The molecule has 17 heavy (non-hydrogen) atoms. The Labute approximate surface area is 107 Å². The summed E-state index contributed by atoms with van der Waals surface area (Å²) in [7, 11) is 0. The largest absolute Gasteiger partial charge is 0.392 e. The first-order valence-electron chi connectivity index (χ1n) is 5.44. The molecule has 94 valence electrons. The molecule has 0 saturated carbocycles. The fourth-order valence-corrected chi connectivity index (χ4v) is 1.87. The zero-order valence-electron chi connectivity index (χ0n) is 9.97. The van der Waals surface area contributed by atoms with Gasteiger partial charge in [0.2, 0.25) is 0 Å². The van der Waals surface area contributed by atoms with Gasteiger partial charge in [-0.25, -0.2) is 0 Å². The van der Waals surface area contributed by atoms with Gasteiger partial charge in [-0.1, -0.05) is 6.07 Å². The predicted octanol–water partition coefficient (Wildman–Crippen LogP) is 1.54. The molecule has 0 aliphatic carbocycles. The Kier molecular flexibility index (Phi) is 4.51. The molecule has 2 rings (SSSR count). The van der Waals surface area contributed by atoms with Crippen molar-refractivity contribution in [3.8, 4) is 0 Å². The first kappa shape index (κ1) is 14.0. The van der Waals surface area contributed by atoms with Crippen LogP contribution in [0.15, 0.2) is 18.3 Å². The third kappa shape index (κ3) is 2.97. The van der Waals surface area contributed by atoms with E-state index in [0.29, 0.717) is 6.42 Å². The second kappa shape index (κ2) is 5.49. The maximum atomic E-state index is 9.38. The first-order chi connectivity index (χ1) is 7.58. The van der Waals surface area contributed by atoms with Crippen molar-refractivity contribution in [3.63, 3.8) is 0 Å². The van der Waals surface area contributed by atoms with E-state index in [1.807, 2.05) is 6.92 Å². The van der Waals surface area contributed by atoms with Crippen LogP contribution in [0.1, 0.15) is 18.1 Å². The predicted molar refractivity (Wildman–Crippen MR) is 71.4 cm³/mol. The molecule has 0 aliphatic rings. The van der Waals surface area contributed by atoms with Crippen molar-refractivity contribution in [3.05, 3.63) is 29.5 Å². The Morgan fingerprint density at radius 2 is 2.18 bits per heavy atom. The number of nitrogens with two attached hydrogens (primary N) is 1. The Bertz CT molecular complexity index is 495. The number of benzene rings is 1. The summed E-state index contributed by atoms with van der Waals surface area (Å²) < 4.78 is 0. The van der Waals surface area contributed by atoms with Crippen LogP contribution in [0.3, 0.4) is 0 Å². The molecule has 1 unspecified atom stereocenters. The zero-order valence-corrected chi connectivity index (χ0v) is 10.8. The van der Waals surface area contributed by atoms with Crippen LogP contribution in [-0.2, 0) is 6.42 Å². The highest BCUT2D eigenvalue weighted by Gasteiger charge is 2.11. The van der Waals surface area contributed by atoms with Crippen LogP contribution >= 0.6 is 12.4 Å². The Balaban J connectivity index is 0.00000144. The molecular weight excluding hydrogens is 238 g/mol. The number of hydrogen-bond acceptors (Lipinski definition) is 3. The number of aromatic nitrogens is 2. The summed E-state index contributed by atoms with van der Waals surface area (Å²) in [6.45, 7) is 3.76. The lowest BCUT2D eigenvalue weighted by atomic mass is 9.99. The molecule has 4 N–H and O–H groups in total. The quantitative estimate of drug-likeness (QED) is 0.779. The topological polar surface area (TPSA) is 74.9 Å². The molecule has 4 nitrogen and oxygen atoms in total. The molecule has 1 aromatic heterocycles. The molecular formula is C12H18ClN3O. The molecule has 2 atom stereocenters. The van der Waals surface area contributed by atoms with E-state index in [-0.39, 0.29) is 18.4 Å². The maximum absolute atomic E-state index is 9.38. The number of rotatable bonds is 3. The van der Waals surface area contributed by atoms with Crippen LogP contribution in [0, 0.1) is 6.92 Å². The average Bonchev–Trinajstić information content (AvgIpc) is 2.65. The minimum Gasteiger partial charge on any atom is -0.392 e. The van der Waals surface area contributed by atoms with E-state index < -0.39 is 6.10 Å². The molecule has 0 bridgehead atoms. The molecule has 0 aliphatic heterocycles. The molecule has 0 radical (unpaired) electrons. The van der Waals surface area contributed by atoms with Gasteiger partial charge < -0.3 is 10.8 Å². The zero-order chi connectivity index (χ0) is 11.7. The minimum absolute atomic E-state index is 0. The number of halogens is 1. The van der Waals surface area contributed by atoms with Gasteiger partial charge in [0, 0.05) is 11.4 Å². The number of aliphatic hydroxyl groups excluding tert-OH is 1. The molecule has 1 heterocycles. The van der Waals surface area contributed by atoms with E-state index in [2.05, 4.69) is 22.3 Å². The fraction of sp³-hybridized carbons (Fsp3) is 0.417. The van der Waals surface area contributed by atoms with Crippen LogP contribution in [0.2, 0.25) is 0 Å². The molecule has 5 heteroatoms. The number of aromatic amines is 1. The highest BCUT2D eigenvalue weighted by Crippen LogP contribution is 2.19. The molecule has 1 aromatic carbocycles. The number of nitrogens with one attached hydrogen (secondary N) is 1. The van der Waals surface area contributed by atoms with E-state index in [4.69, 9.17) is 5.73 Å². The number of H-pyrrole nitrogens is 1. The Hall–Kier alpha value is -1.10. The highest BCUT2D eigenvalue weighted by atomic mass is 35.5. The standard InChI is InChI=1S/C12H17N3O.ClH/c1-7-3-9(5-11(13)8(2)16)4-10-6-14-15-12(7)10;/h3-4,6,8,11,16H,5,13H2,1-2H3,(H,14,15);1H/t8?,11-;/m1./s1. The van der Waals surface area contributed by atoms with Crippen molar-refractivity contribution in [2.45, 2.75) is 32.4 Å². The van der Waals surface area contributed by atoms with Gasteiger partial charge in [-0.2, -0.15) is 5.10 Å². The summed E-state index contributed by atoms with van der Waals surface area (Å²) in [5, 5.41) is 17.4. The lowest BCUT2D eigenvalue weighted by molar-refractivity contribution is 0.163. The number of hydrogen-bond donors (Lipinski definition) is 3. The van der Waals surface area contributed by atoms with Gasteiger partial charge in [0.25, 0.3) is 0 Å². The second-order valence-corrected chi connectivity index (χ2v) is 4.36. The van der Waals surface area contributed by atoms with Gasteiger partial charge >= 0.3 is 0 Å².